The van der Waals surface area contributed by atoms with Crippen LogP contribution >= 0.6 is 0 Å². The Morgan fingerprint density at radius 1 is 0.389 bits per heavy atom. The summed E-state index contributed by atoms with van der Waals surface area (Å²) in [4.78, 5) is 0. The highest BCUT2D eigenvalue weighted by Gasteiger charge is 1.98. The molecule has 0 aliphatic rings. The highest BCUT2D eigenvalue weighted by atomic mass is 19.1. The van der Waals surface area contributed by atoms with Gasteiger partial charge in [0.05, 0.1) is 0 Å². The van der Waals surface area contributed by atoms with E-state index >= 15 is 0 Å². The minimum Gasteiger partial charge on any atom is -0.398 e. The van der Waals surface area contributed by atoms with Crippen LogP contribution in [0.2, 0.25) is 0 Å². The number of hydrogen-bond acceptors (Lipinski definition) is 10. The van der Waals surface area contributed by atoms with E-state index in [2.05, 4.69) is 0 Å². The van der Waals surface area contributed by atoms with Gasteiger partial charge in [-0.3, -0.25) is 17.3 Å². The summed E-state index contributed by atoms with van der Waals surface area (Å²) in [7, 11) is -10.7. The van der Waals surface area contributed by atoms with Crippen LogP contribution < -0.4 is 12.3 Å². The summed E-state index contributed by atoms with van der Waals surface area (Å²) in [5.74, 6) is 0. The van der Waals surface area contributed by atoms with Crippen molar-refractivity contribution in [1.82, 2.24) is 12.3 Å². The van der Waals surface area contributed by atoms with Crippen LogP contribution in [0.3, 0.4) is 0 Å². The van der Waals surface area contributed by atoms with E-state index in [0.717, 1.165) is 0 Å². The summed E-state index contributed by atoms with van der Waals surface area (Å²) >= 11 is 0. The Hall–Kier alpha value is -0.420. The predicted molar refractivity (Wildman–Crippen MR) is 55.2 cm³/mol. The molecule has 0 saturated carbocycles. The van der Waals surface area contributed by atoms with E-state index in [1.165, 1.54) is 0 Å². The zero-order valence-electron chi connectivity index (χ0n) is 8.81. The largest absolute Gasteiger partial charge is 0.674 e. The third kappa shape index (κ3) is 18800. The molecule has 0 atom stereocenters. The van der Waals surface area contributed by atoms with Crippen molar-refractivity contribution >= 4 is 29.6 Å². The standard InChI is InChI=1S/4BFH2O2.2H3N/c4*2-1(3)4;;/h4*3-4H;2*1H3. The molecule has 112 valence electrons. The summed E-state index contributed by atoms with van der Waals surface area (Å²) in [5.41, 5.74) is 0. The monoisotopic (exact) mass is 290 g/mol. The second-order valence-corrected chi connectivity index (χ2v) is 1.24. The summed E-state index contributed by atoms with van der Waals surface area (Å²) in [6.07, 6.45) is 0. The topological polar surface area (TPSA) is 232 Å². The lowest BCUT2D eigenvalue weighted by molar-refractivity contribution is 0.338. The zero-order valence-corrected chi connectivity index (χ0v) is 8.81. The number of rotatable bonds is 0. The third-order valence-electron chi connectivity index (χ3n) is 0. The van der Waals surface area contributed by atoms with E-state index in [1.54, 1.807) is 0 Å². The molecule has 0 aliphatic heterocycles. The molecule has 0 aromatic rings. The smallest absolute Gasteiger partial charge is 0.398 e. The van der Waals surface area contributed by atoms with Gasteiger partial charge in [-0.25, -0.2) is 0 Å². The summed E-state index contributed by atoms with van der Waals surface area (Å²) in [6.45, 7) is 0. The Morgan fingerprint density at radius 2 is 0.389 bits per heavy atom. The second-order valence-electron chi connectivity index (χ2n) is 1.24. The van der Waals surface area contributed by atoms with Crippen LogP contribution in [0.4, 0.5) is 17.3 Å². The van der Waals surface area contributed by atoms with E-state index in [9.17, 15) is 17.3 Å². The molecule has 0 aromatic heterocycles. The van der Waals surface area contributed by atoms with Crippen LogP contribution in [0.25, 0.3) is 0 Å². The Labute approximate surface area is 100 Å². The molecule has 0 spiro atoms. The van der Waals surface area contributed by atoms with Crippen LogP contribution in [0.1, 0.15) is 0 Å². The fourth-order valence-electron chi connectivity index (χ4n) is 0. The first kappa shape index (κ1) is 36.0. The van der Waals surface area contributed by atoms with Crippen molar-refractivity contribution in [3.63, 3.8) is 0 Å². The maximum atomic E-state index is 10.1. The minimum absolute atomic E-state index is 0. The van der Waals surface area contributed by atoms with Gasteiger partial charge in [0, 0.05) is 0 Å². The molecule has 18 heteroatoms. The highest BCUT2D eigenvalue weighted by Crippen LogP contribution is 1.58. The highest BCUT2D eigenvalue weighted by molar-refractivity contribution is 6.32. The molecule has 0 heterocycles. The van der Waals surface area contributed by atoms with Crippen LogP contribution in [0, 0.1) is 0 Å². The number of hydrogen-bond donors (Lipinski definition) is 10. The second kappa shape index (κ2) is 30.0. The molecule has 0 saturated heterocycles. The first-order chi connectivity index (χ1) is 6.93. The van der Waals surface area contributed by atoms with Crippen molar-refractivity contribution in [3.8, 4) is 0 Å². The summed E-state index contributed by atoms with van der Waals surface area (Å²) < 4.78 is 40.4. The molecule has 18 heavy (non-hydrogen) atoms. The van der Waals surface area contributed by atoms with E-state index in [1.807, 2.05) is 0 Å². The van der Waals surface area contributed by atoms with Crippen molar-refractivity contribution in [2.45, 2.75) is 0 Å². The minimum atomic E-state index is -2.67. The molecule has 0 unspecified atom stereocenters. The lowest BCUT2D eigenvalue weighted by atomic mass is 10.3. The van der Waals surface area contributed by atoms with Gasteiger partial charge in [0.25, 0.3) is 0 Å². The molecule has 14 N–H and O–H groups in total. The van der Waals surface area contributed by atoms with Gasteiger partial charge in [-0.05, 0) is 0 Å². The van der Waals surface area contributed by atoms with Gasteiger partial charge < -0.3 is 52.5 Å². The Morgan fingerprint density at radius 3 is 0.389 bits per heavy atom. The first-order valence-electron chi connectivity index (χ1n) is 2.94. The van der Waals surface area contributed by atoms with Crippen molar-refractivity contribution in [2.24, 2.45) is 0 Å². The van der Waals surface area contributed by atoms with Crippen LogP contribution in [-0.4, -0.2) is 69.8 Å². The third-order valence-corrected chi connectivity index (χ3v) is 0. The molecule has 0 bridgehead atoms. The molecule has 0 radical (unpaired) electrons. The van der Waals surface area contributed by atoms with Crippen LogP contribution in [0.15, 0.2) is 0 Å². The molecule has 0 aromatic carbocycles. The SMILES string of the molecule is N.N.OB(O)F.OB(O)F.OB(O)F.OB(O)F. The summed E-state index contributed by atoms with van der Waals surface area (Å²) in [5, 5.41) is 55.6. The van der Waals surface area contributed by atoms with Gasteiger partial charge >= 0.3 is 29.6 Å². The van der Waals surface area contributed by atoms with Crippen molar-refractivity contribution < 1.29 is 57.5 Å². The van der Waals surface area contributed by atoms with Crippen LogP contribution in [0.5, 0.6) is 0 Å². The van der Waals surface area contributed by atoms with E-state index < -0.39 is 29.6 Å². The molecule has 0 rings (SSSR count). The molecule has 10 nitrogen and oxygen atoms in total. The van der Waals surface area contributed by atoms with Crippen molar-refractivity contribution in [3.05, 3.63) is 0 Å². The van der Waals surface area contributed by atoms with Gasteiger partial charge in [0.15, 0.2) is 0 Å². The average Bonchev–Trinajstić information content (AvgIpc) is 1.76. The normalized spacial score (nSPS) is 6.00. The van der Waals surface area contributed by atoms with Gasteiger partial charge in [-0.15, -0.1) is 0 Å². The fourth-order valence-corrected chi connectivity index (χ4v) is 0. The number of halogens is 4. The molecule has 0 aliphatic carbocycles. The quantitative estimate of drug-likeness (QED) is 0.153. The first-order valence-corrected chi connectivity index (χ1v) is 2.94. The van der Waals surface area contributed by atoms with E-state index in [0.29, 0.717) is 0 Å². The molecular weight excluding hydrogens is 275 g/mol. The molecule has 0 fully saturated rings. The maximum absolute atomic E-state index is 10.1. The lowest BCUT2D eigenvalue weighted by Crippen LogP contribution is -1.98. The Bertz CT molecular complexity index is 76.1. The maximum Gasteiger partial charge on any atom is 0.674 e. The fraction of sp³-hybridized carbons (Fsp3) is 0. The molecule has 0 amide bonds. The van der Waals surface area contributed by atoms with Gasteiger partial charge in [0.2, 0.25) is 0 Å². The van der Waals surface area contributed by atoms with E-state index in [-0.39, 0.29) is 12.3 Å². The lowest BCUT2D eigenvalue weighted by Gasteiger charge is -1.65. The van der Waals surface area contributed by atoms with Gasteiger partial charge in [-0.2, -0.15) is 0 Å². The van der Waals surface area contributed by atoms with Crippen molar-refractivity contribution in [2.75, 3.05) is 0 Å². The molecular formula is H14B4F4N2O8. The van der Waals surface area contributed by atoms with Crippen molar-refractivity contribution in [1.29, 1.82) is 0 Å². The average molecular weight is 289 g/mol. The Balaban J connectivity index is -0.0000000257. The predicted octanol–water partition coefficient (Wildman–Crippen LogP) is -3.97. The van der Waals surface area contributed by atoms with Gasteiger partial charge in [-0.1, -0.05) is 0 Å². The van der Waals surface area contributed by atoms with Crippen LogP contribution in [-0.2, 0) is 0 Å². The summed E-state index contributed by atoms with van der Waals surface area (Å²) in [6, 6.07) is 0. The van der Waals surface area contributed by atoms with E-state index in [4.69, 9.17) is 40.2 Å². The Kier molecular flexibility index (Phi) is 60.1. The zero-order chi connectivity index (χ0) is 14.3. The van der Waals surface area contributed by atoms with Gasteiger partial charge in [0.1, 0.15) is 0 Å².